The number of oxime groups is 1. The second-order valence-electron chi connectivity index (χ2n) is 5.51. The topological polar surface area (TPSA) is 71.1 Å². The highest BCUT2D eigenvalue weighted by molar-refractivity contribution is 5.99. The number of nitrogens with zero attached hydrogens (tertiary/aromatic N) is 2. The van der Waals surface area contributed by atoms with Gasteiger partial charge in [-0.2, -0.15) is 0 Å². The fourth-order valence-electron chi connectivity index (χ4n) is 2.60. The van der Waals surface area contributed by atoms with Gasteiger partial charge >= 0.3 is 0 Å². The second kappa shape index (κ2) is 6.61. The monoisotopic (exact) mass is 277 g/mol. The van der Waals surface area contributed by atoms with Crippen LogP contribution in [-0.2, 0) is 6.54 Å². The van der Waals surface area contributed by atoms with Gasteiger partial charge in [0.05, 0.1) is 12.7 Å². The molecule has 1 aliphatic carbocycles. The van der Waals surface area contributed by atoms with Crippen molar-refractivity contribution in [2.24, 2.45) is 16.8 Å². The van der Waals surface area contributed by atoms with Crippen molar-refractivity contribution < 1.29 is 9.94 Å². The first kappa shape index (κ1) is 14.7. The Balaban J connectivity index is 2.07. The van der Waals surface area contributed by atoms with Crippen LogP contribution in [0, 0.1) is 5.92 Å². The maximum Gasteiger partial charge on any atom is 0.173 e. The van der Waals surface area contributed by atoms with E-state index < -0.39 is 0 Å². The fraction of sp³-hybridized carbons (Fsp3) is 0.533. The first-order valence-corrected chi connectivity index (χ1v) is 6.97. The van der Waals surface area contributed by atoms with Gasteiger partial charge in [-0.1, -0.05) is 17.6 Å². The van der Waals surface area contributed by atoms with Crippen molar-refractivity contribution >= 4 is 5.84 Å². The first-order chi connectivity index (χ1) is 9.63. The largest absolute Gasteiger partial charge is 0.496 e. The molecule has 2 rings (SSSR count). The summed E-state index contributed by atoms with van der Waals surface area (Å²) in [5.74, 6) is 1.54. The molecule has 0 spiro atoms. The summed E-state index contributed by atoms with van der Waals surface area (Å²) in [6.45, 7) is 1.98. The van der Waals surface area contributed by atoms with E-state index in [1.165, 1.54) is 19.3 Å². The summed E-state index contributed by atoms with van der Waals surface area (Å²) in [7, 11) is 3.71. The lowest BCUT2D eigenvalue weighted by Crippen LogP contribution is -2.29. The van der Waals surface area contributed by atoms with Gasteiger partial charge in [0, 0.05) is 13.1 Å². The van der Waals surface area contributed by atoms with Gasteiger partial charge in [-0.15, -0.1) is 0 Å². The van der Waals surface area contributed by atoms with E-state index >= 15 is 0 Å². The quantitative estimate of drug-likeness (QED) is 0.361. The molecule has 0 aromatic heterocycles. The van der Waals surface area contributed by atoms with E-state index in [9.17, 15) is 0 Å². The van der Waals surface area contributed by atoms with Gasteiger partial charge in [-0.25, -0.2) is 0 Å². The summed E-state index contributed by atoms with van der Waals surface area (Å²) in [5.41, 5.74) is 7.45. The zero-order chi connectivity index (χ0) is 14.5. The molecule has 0 heterocycles. The van der Waals surface area contributed by atoms with Crippen molar-refractivity contribution in [1.29, 1.82) is 0 Å². The fourth-order valence-corrected chi connectivity index (χ4v) is 2.60. The van der Waals surface area contributed by atoms with Crippen LogP contribution in [0.4, 0.5) is 0 Å². The number of amidine groups is 1. The summed E-state index contributed by atoms with van der Waals surface area (Å²) in [4.78, 5) is 2.32. The molecule has 5 heteroatoms. The number of methoxy groups -OCH3 is 1. The molecule has 1 aromatic carbocycles. The molecule has 0 saturated heterocycles. The lowest BCUT2D eigenvalue weighted by atomic mass is 9.85. The molecular formula is C15H23N3O2. The Labute approximate surface area is 120 Å². The van der Waals surface area contributed by atoms with Gasteiger partial charge < -0.3 is 20.6 Å². The number of rotatable bonds is 6. The second-order valence-corrected chi connectivity index (χ2v) is 5.51. The van der Waals surface area contributed by atoms with E-state index in [1.807, 2.05) is 18.2 Å². The summed E-state index contributed by atoms with van der Waals surface area (Å²) in [6.07, 6.45) is 4.07. The minimum atomic E-state index is 0.0744. The van der Waals surface area contributed by atoms with Crippen molar-refractivity contribution in [2.75, 3.05) is 20.7 Å². The highest BCUT2D eigenvalue weighted by Gasteiger charge is 2.19. The number of hydrogen-bond acceptors (Lipinski definition) is 4. The molecule has 1 fully saturated rings. The van der Waals surface area contributed by atoms with E-state index in [-0.39, 0.29) is 5.84 Å². The van der Waals surface area contributed by atoms with Crippen LogP contribution < -0.4 is 10.5 Å². The van der Waals surface area contributed by atoms with Gasteiger partial charge in [0.15, 0.2) is 5.84 Å². The van der Waals surface area contributed by atoms with Crippen LogP contribution in [0.3, 0.4) is 0 Å². The van der Waals surface area contributed by atoms with Gasteiger partial charge in [0.2, 0.25) is 0 Å². The minimum absolute atomic E-state index is 0.0744. The van der Waals surface area contributed by atoms with E-state index in [2.05, 4.69) is 17.1 Å². The molecule has 110 valence electrons. The molecule has 0 amide bonds. The Bertz CT molecular complexity index is 484. The Hall–Kier alpha value is -1.75. The van der Waals surface area contributed by atoms with Crippen molar-refractivity contribution in [3.8, 4) is 5.75 Å². The molecule has 5 nitrogen and oxygen atoms in total. The normalized spacial score (nSPS) is 16.2. The van der Waals surface area contributed by atoms with E-state index in [0.29, 0.717) is 11.3 Å². The lowest BCUT2D eigenvalue weighted by molar-refractivity contribution is 0.200. The zero-order valence-electron chi connectivity index (χ0n) is 12.2. The molecule has 0 atom stereocenters. The van der Waals surface area contributed by atoms with Crippen molar-refractivity contribution in [3.63, 3.8) is 0 Å². The molecule has 1 saturated carbocycles. The average Bonchev–Trinajstić information content (AvgIpc) is 2.42. The number of nitrogens with two attached hydrogens (primary N) is 1. The molecule has 0 radical (unpaired) electrons. The molecular weight excluding hydrogens is 254 g/mol. The van der Waals surface area contributed by atoms with Crippen LogP contribution in [0.1, 0.15) is 30.4 Å². The summed E-state index contributed by atoms with van der Waals surface area (Å²) in [6, 6.07) is 5.80. The Morgan fingerprint density at radius 2 is 2.25 bits per heavy atom. The third kappa shape index (κ3) is 3.42. The van der Waals surface area contributed by atoms with Crippen LogP contribution >= 0.6 is 0 Å². The van der Waals surface area contributed by atoms with E-state index in [0.717, 1.165) is 24.6 Å². The average molecular weight is 277 g/mol. The Morgan fingerprint density at radius 3 is 2.80 bits per heavy atom. The molecule has 20 heavy (non-hydrogen) atoms. The third-order valence-electron chi connectivity index (χ3n) is 3.89. The highest BCUT2D eigenvalue weighted by Crippen LogP contribution is 2.27. The Kier molecular flexibility index (Phi) is 4.84. The van der Waals surface area contributed by atoms with Crippen LogP contribution in [0.5, 0.6) is 5.75 Å². The standard InChI is InChI=1S/C15H23N3O2/c1-18(9-11-4-3-5-11)10-12-6-7-14(20-2)13(8-12)15(16)17-19/h6-8,11,19H,3-5,9-10H2,1-2H3,(H2,16,17). The third-order valence-corrected chi connectivity index (χ3v) is 3.89. The van der Waals surface area contributed by atoms with Crippen molar-refractivity contribution in [1.82, 2.24) is 4.90 Å². The van der Waals surface area contributed by atoms with Gasteiger partial charge in [0.1, 0.15) is 5.75 Å². The molecule has 1 aromatic rings. The van der Waals surface area contributed by atoms with Crippen LogP contribution in [-0.4, -0.2) is 36.6 Å². The van der Waals surface area contributed by atoms with Gasteiger partial charge in [0.25, 0.3) is 0 Å². The summed E-state index contributed by atoms with van der Waals surface area (Å²) in [5, 5.41) is 11.9. The summed E-state index contributed by atoms with van der Waals surface area (Å²) >= 11 is 0. The number of ether oxygens (including phenoxy) is 1. The maximum atomic E-state index is 8.84. The number of hydrogen-bond donors (Lipinski definition) is 2. The summed E-state index contributed by atoms with van der Waals surface area (Å²) < 4.78 is 5.23. The molecule has 0 aliphatic heterocycles. The predicted octanol–water partition coefficient (Wildman–Crippen LogP) is 2.02. The number of benzene rings is 1. The predicted molar refractivity (Wildman–Crippen MR) is 79.2 cm³/mol. The molecule has 0 bridgehead atoms. The lowest BCUT2D eigenvalue weighted by Gasteiger charge is -2.30. The van der Waals surface area contributed by atoms with Crippen LogP contribution in [0.15, 0.2) is 23.4 Å². The smallest absolute Gasteiger partial charge is 0.173 e. The van der Waals surface area contributed by atoms with E-state index in [4.69, 9.17) is 15.7 Å². The van der Waals surface area contributed by atoms with Gasteiger partial charge in [-0.05, 0) is 43.5 Å². The van der Waals surface area contributed by atoms with Crippen LogP contribution in [0.2, 0.25) is 0 Å². The highest BCUT2D eigenvalue weighted by atomic mass is 16.5. The first-order valence-electron chi connectivity index (χ1n) is 6.97. The SMILES string of the molecule is COc1ccc(CN(C)CC2CCC2)cc1C(N)=NO. The van der Waals surface area contributed by atoms with Crippen molar-refractivity contribution in [3.05, 3.63) is 29.3 Å². The molecule has 0 unspecified atom stereocenters. The molecule has 1 aliphatic rings. The zero-order valence-corrected chi connectivity index (χ0v) is 12.2. The van der Waals surface area contributed by atoms with E-state index in [1.54, 1.807) is 7.11 Å². The minimum Gasteiger partial charge on any atom is -0.496 e. The maximum absolute atomic E-state index is 8.84. The Morgan fingerprint density at radius 1 is 1.50 bits per heavy atom. The van der Waals surface area contributed by atoms with Gasteiger partial charge in [-0.3, -0.25) is 0 Å². The molecule has 3 N–H and O–H groups in total. The van der Waals surface area contributed by atoms with Crippen molar-refractivity contribution in [2.45, 2.75) is 25.8 Å². The van der Waals surface area contributed by atoms with Crippen LogP contribution in [0.25, 0.3) is 0 Å².